The first-order chi connectivity index (χ1) is 12.0. The monoisotopic (exact) mass is 380 g/mol. The van der Waals surface area contributed by atoms with Crippen molar-refractivity contribution in [3.8, 4) is 0 Å². The van der Waals surface area contributed by atoms with E-state index in [1.165, 1.54) is 14.1 Å². The quantitative estimate of drug-likeness (QED) is 0.802. The first-order valence-corrected chi connectivity index (χ1v) is 10.9. The Morgan fingerprint density at radius 2 is 1.80 bits per heavy atom. The summed E-state index contributed by atoms with van der Waals surface area (Å²) in [5.74, 6) is 0.0446. The lowest BCUT2D eigenvalue weighted by atomic mass is 10.1. The normalized spacial score (nSPS) is 16.2. The molecule has 2 heterocycles. The first kappa shape index (κ1) is 18.5. The molecule has 1 aliphatic rings. The van der Waals surface area contributed by atoms with E-state index in [1.54, 1.807) is 11.3 Å². The van der Waals surface area contributed by atoms with Crippen molar-refractivity contribution in [2.24, 2.45) is 0 Å². The van der Waals surface area contributed by atoms with Crippen molar-refractivity contribution in [3.63, 3.8) is 0 Å². The number of hydrogen-bond acceptors (Lipinski definition) is 5. The molecule has 136 valence electrons. The maximum absolute atomic E-state index is 12.7. The molecule has 0 aliphatic carbocycles. The number of nitrogens with zero attached hydrogens (tertiary/aromatic N) is 1. The van der Waals surface area contributed by atoms with Crippen LogP contribution in [0.25, 0.3) is 0 Å². The van der Waals surface area contributed by atoms with Crippen molar-refractivity contribution in [2.45, 2.75) is 25.8 Å². The van der Waals surface area contributed by atoms with Crippen LogP contribution in [-0.2, 0) is 33.6 Å². The number of ether oxygens (including phenoxy) is 1. The number of benzene rings is 1. The highest BCUT2D eigenvalue weighted by Crippen LogP contribution is 2.18. The summed E-state index contributed by atoms with van der Waals surface area (Å²) in [6, 6.07) is 12.0. The van der Waals surface area contributed by atoms with Gasteiger partial charge in [0.1, 0.15) is 0 Å². The second-order valence-corrected chi connectivity index (χ2v) is 9.49. The molecule has 2 aromatic rings. The fourth-order valence-corrected chi connectivity index (χ4v) is 5.31. The second-order valence-electron chi connectivity index (χ2n) is 6.15. The van der Waals surface area contributed by atoms with Crippen LogP contribution in [0.15, 0.2) is 36.4 Å². The average molecular weight is 381 g/mol. The molecule has 1 N–H and O–H groups in total. The lowest BCUT2D eigenvalue weighted by molar-refractivity contribution is 0.0729. The molecule has 0 amide bonds. The molecule has 0 radical (unpaired) electrons. The predicted octanol–water partition coefficient (Wildman–Crippen LogP) is 2.51. The maximum atomic E-state index is 12.7. The number of nitrogens with one attached hydrogen (secondary N) is 1. The van der Waals surface area contributed by atoms with Crippen molar-refractivity contribution < 1.29 is 13.2 Å². The van der Waals surface area contributed by atoms with Gasteiger partial charge < -0.3 is 10.1 Å². The molecule has 0 bridgehead atoms. The van der Waals surface area contributed by atoms with Gasteiger partial charge in [0.2, 0.25) is 10.0 Å². The van der Waals surface area contributed by atoms with Crippen molar-refractivity contribution in [1.29, 1.82) is 0 Å². The third kappa shape index (κ3) is 5.12. The SMILES string of the molecule is Cc1ccc(CNCc2ccccc2CS(=O)(=O)N2CCOCC2)s1. The zero-order valence-electron chi connectivity index (χ0n) is 14.4. The third-order valence-corrected chi connectivity index (χ3v) is 7.06. The van der Waals surface area contributed by atoms with Gasteiger partial charge >= 0.3 is 0 Å². The van der Waals surface area contributed by atoms with Gasteiger partial charge in [-0.25, -0.2) is 8.42 Å². The van der Waals surface area contributed by atoms with E-state index in [1.807, 2.05) is 24.3 Å². The Bertz CT molecular complexity index is 796. The van der Waals surface area contributed by atoms with E-state index in [2.05, 4.69) is 24.4 Å². The smallest absolute Gasteiger partial charge is 0.218 e. The minimum Gasteiger partial charge on any atom is -0.379 e. The van der Waals surface area contributed by atoms with E-state index in [9.17, 15) is 8.42 Å². The molecule has 0 saturated carbocycles. The molecule has 1 aliphatic heterocycles. The molecular weight excluding hydrogens is 356 g/mol. The van der Waals surface area contributed by atoms with Crippen LogP contribution in [0.2, 0.25) is 0 Å². The Balaban J connectivity index is 1.63. The zero-order chi connectivity index (χ0) is 17.7. The standard InChI is InChI=1S/C18H24N2O3S2/c1-15-6-7-18(24-15)13-19-12-16-4-2-3-5-17(16)14-25(21,22)20-8-10-23-11-9-20/h2-7,19H,8-14H2,1H3. The van der Waals surface area contributed by atoms with Gasteiger partial charge in [0.15, 0.2) is 0 Å². The van der Waals surface area contributed by atoms with E-state index in [4.69, 9.17) is 4.74 Å². The summed E-state index contributed by atoms with van der Waals surface area (Å²) in [7, 11) is -3.31. The molecule has 7 heteroatoms. The van der Waals surface area contributed by atoms with Crippen molar-refractivity contribution in [1.82, 2.24) is 9.62 Å². The van der Waals surface area contributed by atoms with Crippen LogP contribution < -0.4 is 5.32 Å². The number of thiophene rings is 1. The Kier molecular flexibility index (Phi) is 6.24. The largest absolute Gasteiger partial charge is 0.379 e. The zero-order valence-corrected chi connectivity index (χ0v) is 16.0. The highest BCUT2D eigenvalue weighted by molar-refractivity contribution is 7.88. The van der Waals surface area contributed by atoms with Gasteiger partial charge in [0.25, 0.3) is 0 Å². The Hall–Kier alpha value is -1.25. The van der Waals surface area contributed by atoms with Gasteiger partial charge in [-0.3, -0.25) is 0 Å². The summed E-state index contributed by atoms with van der Waals surface area (Å²) in [5, 5.41) is 3.42. The highest BCUT2D eigenvalue weighted by Gasteiger charge is 2.25. The summed E-state index contributed by atoms with van der Waals surface area (Å²) in [4.78, 5) is 2.59. The summed E-state index contributed by atoms with van der Waals surface area (Å²) in [6.07, 6.45) is 0. The summed E-state index contributed by atoms with van der Waals surface area (Å²) >= 11 is 1.78. The second kappa shape index (κ2) is 8.42. The van der Waals surface area contributed by atoms with Crippen LogP contribution in [0.4, 0.5) is 0 Å². The molecule has 0 spiro atoms. The molecule has 0 unspecified atom stereocenters. The van der Waals surface area contributed by atoms with E-state index >= 15 is 0 Å². The molecule has 3 rings (SSSR count). The van der Waals surface area contributed by atoms with Gasteiger partial charge in [-0.1, -0.05) is 24.3 Å². The van der Waals surface area contributed by atoms with E-state index in [-0.39, 0.29) is 5.75 Å². The number of rotatable bonds is 7. The lowest BCUT2D eigenvalue weighted by Crippen LogP contribution is -2.41. The summed E-state index contributed by atoms with van der Waals surface area (Å²) < 4.78 is 32.1. The fourth-order valence-electron chi connectivity index (χ4n) is 2.88. The average Bonchev–Trinajstić information content (AvgIpc) is 3.02. The molecule has 0 atom stereocenters. The molecule has 1 aromatic heterocycles. The minimum atomic E-state index is -3.31. The predicted molar refractivity (Wildman–Crippen MR) is 101 cm³/mol. The molecule has 5 nitrogen and oxygen atoms in total. The van der Waals surface area contributed by atoms with Crippen LogP contribution in [0.3, 0.4) is 0 Å². The van der Waals surface area contributed by atoms with Crippen LogP contribution in [0, 0.1) is 6.92 Å². The van der Waals surface area contributed by atoms with Crippen LogP contribution in [0.5, 0.6) is 0 Å². The number of sulfonamides is 1. The Labute approximate surface area is 153 Å². The van der Waals surface area contributed by atoms with Crippen LogP contribution in [-0.4, -0.2) is 39.0 Å². The van der Waals surface area contributed by atoms with Crippen molar-refractivity contribution >= 4 is 21.4 Å². The third-order valence-electron chi connectivity index (χ3n) is 4.23. The Morgan fingerprint density at radius 3 is 2.48 bits per heavy atom. The van der Waals surface area contributed by atoms with Crippen molar-refractivity contribution in [2.75, 3.05) is 26.3 Å². The minimum absolute atomic E-state index is 0.0446. The summed E-state index contributed by atoms with van der Waals surface area (Å²) in [6.45, 7) is 5.39. The molecule has 1 fully saturated rings. The maximum Gasteiger partial charge on any atom is 0.218 e. The van der Waals surface area contributed by atoms with Crippen LogP contribution in [0.1, 0.15) is 20.9 Å². The lowest BCUT2D eigenvalue weighted by Gasteiger charge is -2.26. The topological polar surface area (TPSA) is 58.6 Å². The van der Waals surface area contributed by atoms with E-state index in [0.29, 0.717) is 32.8 Å². The molecule has 25 heavy (non-hydrogen) atoms. The van der Waals surface area contributed by atoms with E-state index in [0.717, 1.165) is 17.7 Å². The van der Waals surface area contributed by atoms with Crippen LogP contribution >= 0.6 is 11.3 Å². The number of aryl methyl sites for hydroxylation is 1. The summed E-state index contributed by atoms with van der Waals surface area (Å²) in [5.41, 5.74) is 1.90. The molecule has 1 aromatic carbocycles. The van der Waals surface area contributed by atoms with Gasteiger partial charge in [-0.2, -0.15) is 4.31 Å². The van der Waals surface area contributed by atoms with Gasteiger partial charge in [-0.15, -0.1) is 11.3 Å². The van der Waals surface area contributed by atoms with Crippen molar-refractivity contribution in [3.05, 3.63) is 57.3 Å². The number of morpholine rings is 1. The van der Waals surface area contributed by atoms with Gasteiger partial charge in [-0.05, 0) is 30.2 Å². The molecular formula is C18H24N2O3S2. The highest BCUT2D eigenvalue weighted by atomic mass is 32.2. The fraction of sp³-hybridized carbons (Fsp3) is 0.444. The Morgan fingerprint density at radius 1 is 1.08 bits per heavy atom. The van der Waals surface area contributed by atoms with Gasteiger partial charge in [0.05, 0.1) is 19.0 Å². The van der Waals surface area contributed by atoms with Gasteiger partial charge in [0, 0.05) is 35.9 Å². The molecule has 1 saturated heterocycles. The first-order valence-electron chi connectivity index (χ1n) is 8.43. The van der Waals surface area contributed by atoms with E-state index < -0.39 is 10.0 Å². The number of hydrogen-bond donors (Lipinski definition) is 1.